The van der Waals surface area contributed by atoms with Gasteiger partial charge in [0.15, 0.2) is 5.96 Å². The first-order valence-corrected chi connectivity index (χ1v) is 10.8. The van der Waals surface area contributed by atoms with Crippen LogP contribution in [0.2, 0.25) is 0 Å². The second-order valence-corrected chi connectivity index (χ2v) is 7.57. The lowest BCUT2D eigenvalue weighted by Gasteiger charge is -2.34. The summed E-state index contributed by atoms with van der Waals surface area (Å²) in [6, 6.07) is 0. The summed E-state index contributed by atoms with van der Waals surface area (Å²) in [5.74, 6) is 1.05. The highest BCUT2D eigenvalue weighted by atomic mass is 127. The molecule has 0 saturated carbocycles. The number of guanidine groups is 1. The number of rotatable bonds is 10. The van der Waals surface area contributed by atoms with Crippen molar-refractivity contribution < 1.29 is 14.6 Å². The first-order chi connectivity index (χ1) is 13.2. The Morgan fingerprint density at radius 1 is 1.07 bits per heavy atom. The van der Waals surface area contributed by atoms with Crippen LogP contribution in [-0.4, -0.2) is 99.2 Å². The molecule has 166 valence electrons. The molecule has 8 heteroatoms. The summed E-state index contributed by atoms with van der Waals surface area (Å²) in [6.07, 6.45) is 6.27. The molecule has 0 aromatic heterocycles. The average molecular weight is 512 g/mol. The van der Waals surface area contributed by atoms with Crippen molar-refractivity contribution >= 4 is 29.9 Å². The molecular weight excluding hydrogens is 471 g/mol. The lowest BCUT2D eigenvalue weighted by Crippen LogP contribution is -2.47. The quantitative estimate of drug-likeness (QED) is 0.202. The van der Waals surface area contributed by atoms with E-state index in [-0.39, 0.29) is 30.1 Å². The van der Waals surface area contributed by atoms with Crippen molar-refractivity contribution in [3.63, 3.8) is 0 Å². The first-order valence-electron chi connectivity index (χ1n) is 10.8. The van der Waals surface area contributed by atoms with E-state index in [1.165, 1.54) is 0 Å². The highest BCUT2D eigenvalue weighted by Gasteiger charge is 2.22. The molecule has 0 spiro atoms. The highest BCUT2D eigenvalue weighted by molar-refractivity contribution is 14.0. The van der Waals surface area contributed by atoms with Crippen molar-refractivity contribution in [2.45, 2.75) is 57.7 Å². The number of aliphatic hydroxyl groups excluding tert-OH is 1. The number of likely N-dealkylation sites (tertiary alicyclic amines) is 2. The fraction of sp³-hybridized carbons (Fsp3) is 0.950. The van der Waals surface area contributed by atoms with Crippen LogP contribution >= 0.6 is 24.0 Å². The number of nitrogens with zero attached hydrogens (tertiary/aromatic N) is 3. The Hall–Kier alpha value is -0.160. The van der Waals surface area contributed by atoms with Gasteiger partial charge in [-0.2, -0.15) is 0 Å². The predicted molar refractivity (Wildman–Crippen MR) is 125 cm³/mol. The van der Waals surface area contributed by atoms with Crippen LogP contribution in [0.5, 0.6) is 0 Å². The molecule has 0 aromatic rings. The fourth-order valence-corrected chi connectivity index (χ4v) is 3.74. The van der Waals surface area contributed by atoms with E-state index in [1.807, 2.05) is 0 Å². The summed E-state index contributed by atoms with van der Waals surface area (Å²) in [5.41, 5.74) is 0. The van der Waals surface area contributed by atoms with Gasteiger partial charge in [-0.3, -0.25) is 4.99 Å². The minimum atomic E-state index is -0.0912. The molecule has 0 bridgehead atoms. The number of aliphatic hydroxyl groups is 1. The molecule has 2 rings (SSSR count). The lowest BCUT2D eigenvalue weighted by molar-refractivity contribution is 0.00990. The van der Waals surface area contributed by atoms with E-state index < -0.39 is 0 Å². The first kappa shape index (κ1) is 25.9. The van der Waals surface area contributed by atoms with Crippen LogP contribution in [0.4, 0.5) is 0 Å². The Kier molecular flexibility index (Phi) is 14.5. The van der Waals surface area contributed by atoms with Crippen molar-refractivity contribution in [2.24, 2.45) is 4.99 Å². The monoisotopic (exact) mass is 512 g/mol. The summed E-state index contributed by atoms with van der Waals surface area (Å²) < 4.78 is 11.0. The minimum Gasteiger partial charge on any atom is -0.393 e. The number of hydrogen-bond donors (Lipinski definition) is 2. The molecule has 0 atom stereocenters. The van der Waals surface area contributed by atoms with E-state index in [4.69, 9.17) is 14.5 Å². The number of aliphatic imine (C=N–C) groups is 1. The predicted octanol–water partition coefficient (Wildman–Crippen LogP) is 1.93. The van der Waals surface area contributed by atoms with Crippen molar-refractivity contribution in [3.8, 4) is 0 Å². The van der Waals surface area contributed by atoms with E-state index in [0.29, 0.717) is 6.10 Å². The van der Waals surface area contributed by atoms with Gasteiger partial charge in [-0.25, -0.2) is 0 Å². The number of nitrogens with one attached hydrogen (secondary N) is 1. The number of piperidine rings is 2. The molecule has 2 saturated heterocycles. The molecular formula is C20H41IN4O3. The third-order valence-electron chi connectivity index (χ3n) is 5.37. The van der Waals surface area contributed by atoms with E-state index in [1.54, 1.807) is 7.11 Å². The molecule has 0 amide bonds. The van der Waals surface area contributed by atoms with Crippen LogP contribution < -0.4 is 5.32 Å². The summed E-state index contributed by atoms with van der Waals surface area (Å²) in [4.78, 5) is 9.66. The van der Waals surface area contributed by atoms with Crippen LogP contribution in [0.15, 0.2) is 4.99 Å². The third kappa shape index (κ3) is 10.0. The zero-order chi connectivity index (χ0) is 19.3. The van der Waals surface area contributed by atoms with Gasteiger partial charge in [0, 0.05) is 59.6 Å². The van der Waals surface area contributed by atoms with E-state index in [2.05, 4.69) is 22.0 Å². The zero-order valence-corrected chi connectivity index (χ0v) is 20.1. The van der Waals surface area contributed by atoms with Gasteiger partial charge >= 0.3 is 0 Å². The summed E-state index contributed by atoms with van der Waals surface area (Å²) in [7, 11) is 1.73. The summed E-state index contributed by atoms with van der Waals surface area (Å²) in [6.45, 7) is 10.6. The van der Waals surface area contributed by atoms with Crippen molar-refractivity contribution in [2.75, 3.05) is 66.1 Å². The molecule has 0 aromatic carbocycles. The molecule has 0 radical (unpaired) electrons. The molecule has 7 nitrogen and oxygen atoms in total. The zero-order valence-electron chi connectivity index (χ0n) is 17.8. The van der Waals surface area contributed by atoms with Gasteiger partial charge in [0.05, 0.1) is 12.2 Å². The Labute approximate surface area is 188 Å². The van der Waals surface area contributed by atoms with E-state index >= 15 is 0 Å². The van der Waals surface area contributed by atoms with Crippen LogP contribution in [0.3, 0.4) is 0 Å². The van der Waals surface area contributed by atoms with Crippen LogP contribution in [0.25, 0.3) is 0 Å². The smallest absolute Gasteiger partial charge is 0.193 e. The van der Waals surface area contributed by atoms with Gasteiger partial charge in [-0.15, -0.1) is 24.0 Å². The van der Waals surface area contributed by atoms with Gasteiger partial charge in [0.25, 0.3) is 0 Å². The average Bonchev–Trinajstić information content (AvgIpc) is 2.69. The SMILES string of the molecule is CCNC(=NCCCN1CCC(O)CC1)N1CCC(OCCCOC)CC1.I. The second kappa shape index (κ2) is 15.6. The van der Waals surface area contributed by atoms with Gasteiger partial charge in [-0.1, -0.05) is 0 Å². The van der Waals surface area contributed by atoms with Gasteiger partial charge in [0.1, 0.15) is 0 Å². The largest absolute Gasteiger partial charge is 0.393 e. The third-order valence-corrected chi connectivity index (χ3v) is 5.37. The standard InChI is InChI=1S/C20H40N4O3.HI/c1-3-21-20(22-10-4-11-23-12-6-18(25)7-13-23)24-14-8-19(9-15-24)27-17-5-16-26-2;/h18-19,25H,3-17H2,1-2H3,(H,21,22);1H. The van der Waals surface area contributed by atoms with E-state index in [9.17, 15) is 5.11 Å². The minimum absolute atomic E-state index is 0. The van der Waals surface area contributed by atoms with Gasteiger partial charge < -0.3 is 29.7 Å². The number of hydrogen-bond acceptors (Lipinski definition) is 5. The lowest BCUT2D eigenvalue weighted by atomic mass is 10.1. The molecule has 28 heavy (non-hydrogen) atoms. The summed E-state index contributed by atoms with van der Waals surface area (Å²) >= 11 is 0. The normalized spacial score (nSPS) is 20.2. The van der Waals surface area contributed by atoms with Gasteiger partial charge in [-0.05, 0) is 52.0 Å². The Balaban J connectivity index is 0.00000392. The fourth-order valence-electron chi connectivity index (χ4n) is 3.74. The Morgan fingerprint density at radius 2 is 1.79 bits per heavy atom. The van der Waals surface area contributed by atoms with E-state index in [0.717, 1.165) is 104 Å². The molecule has 2 heterocycles. The molecule has 0 aliphatic carbocycles. The van der Waals surface area contributed by atoms with Gasteiger partial charge in [0.2, 0.25) is 0 Å². The van der Waals surface area contributed by atoms with Crippen LogP contribution in [0, 0.1) is 0 Å². The Morgan fingerprint density at radius 3 is 2.43 bits per heavy atom. The maximum atomic E-state index is 9.59. The van der Waals surface area contributed by atoms with Crippen molar-refractivity contribution in [1.82, 2.24) is 15.1 Å². The van der Waals surface area contributed by atoms with Crippen molar-refractivity contribution in [3.05, 3.63) is 0 Å². The second-order valence-electron chi connectivity index (χ2n) is 7.57. The molecule has 0 unspecified atom stereocenters. The maximum Gasteiger partial charge on any atom is 0.193 e. The maximum absolute atomic E-state index is 9.59. The highest BCUT2D eigenvalue weighted by Crippen LogP contribution is 2.14. The van der Waals surface area contributed by atoms with Crippen LogP contribution in [0.1, 0.15) is 45.4 Å². The number of methoxy groups -OCH3 is 1. The Bertz CT molecular complexity index is 412. The summed E-state index contributed by atoms with van der Waals surface area (Å²) in [5, 5.41) is 13.0. The van der Waals surface area contributed by atoms with Crippen molar-refractivity contribution in [1.29, 1.82) is 0 Å². The van der Waals surface area contributed by atoms with Crippen LogP contribution in [-0.2, 0) is 9.47 Å². The topological polar surface area (TPSA) is 69.6 Å². The molecule has 2 aliphatic heterocycles. The number of ether oxygens (including phenoxy) is 2. The number of halogens is 1. The molecule has 2 fully saturated rings. The molecule has 2 aliphatic rings. The molecule has 2 N–H and O–H groups in total.